The number of nitrogens with zero attached hydrogens (tertiary/aromatic N) is 8. The summed E-state index contributed by atoms with van der Waals surface area (Å²) in [6.45, 7) is 9.62. The van der Waals surface area contributed by atoms with Crippen LogP contribution in [0, 0.1) is 6.92 Å². The van der Waals surface area contributed by atoms with Gasteiger partial charge < -0.3 is 19.9 Å². The van der Waals surface area contributed by atoms with E-state index in [0.29, 0.717) is 31.2 Å². The van der Waals surface area contributed by atoms with Gasteiger partial charge in [0.15, 0.2) is 5.65 Å². The molecule has 5 aromatic rings. The zero-order valence-corrected chi connectivity index (χ0v) is 21.7. The molecular weight excluding hydrogens is 494 g/mol. The van der Waals surface area contributed by atoms with Crippen molar-refractivity contribution < 1.29 is 9.53 Å². The van der Waals surface area contributed by atoms with Crippen LogP contribution in [0.4, 0.5) is 17.3 Å². The Morgan fingerprint density at radius 2 is 2.00 bits per heavy atom. The summed E-state index contributed by atoms with van der Waals surface area (Å²) in [7, 11) is 0. The average molecular weight is 522 g/mol. The van der Waals surface area contributed by atoms with Gasteiger partial charge in [-0.3, -0.25) is 4.79 Å². The minimum atomic E-state index is -0.0448. The molecular formula is C28H27N9O2. The zero-order chi connectivity index (χ0) is 26.9. The molecule has 196 valence electrons. The Hall–Kier alpha value is -5.06. The van der Waals surface area contributed by atoms with Gasteiger partial charge >= 0.3 is 0 Å². The summed E-state index contributed by atoms with van der Waals surface area (Å²) in [6.07, 6.45) is 7.98. The van der Waals surface area contributed by atoms with Gasteiger partial charge in [-0.05, 0) is 55.8 Å². The SMILES string of the molecule is C=CC(=O)N1CCN(c2cc3c(Nc4ccc(Oc5ccn6ncnc6c5)c(C)c4)ncnc3cn2)CC1C. The molecule has 1 aliphatic heterocycles. The second kappa shape index (κ2) is 10.0. The fraction of sp³-hybridized carbons (Fsp3) is 0.214. The highest BCUT2D eigenvalue weighted by molar-refractivity contribution is 5.92. The summed E-state index contributed by atoms with van der Waals surface area (Å²) in [4.78, 5) is 33.9. The lowest BCUT2D eigenvalue weighted by molar-refractivity contribution is -0.128. The molecule has 1 amide bonds. The van der Waals surface area contributed by atoms with E-state index in [0.717, 1.165) is 39.4 Å². The van der Waals surface area contributed by atoms with Crippen LogP contribution in [0.2, 0.25) is 0 Å². The second-order valence-electron chi connectivity index (χ2n) is 9.45. The topological polar surface area (TPSA) is 114 Å². The van der Waals surface area contributed by atoms with Gasteiger partial charge in [-0.25, -0.2) is 24.5 Å². The van der Waals surface area contributed by atoms with Crippen LogP contribution in [-0.2, 0) is 4.79 Å². The molecule has 1 N–H and O–H groups in total. The van der Waals surface area contributed by atoms with Gasteiger partial charge in [-0.2, -0.15) is 5.10 Å². The molecule has 5 heterocycles. The minimum Gasteiger partial charge on any atom is -0.457 e. The van der Waals surface area contributed by atoms with Gasteiger partial charge in [0.05, 0.1) is 11.7 Å². The van der Waals surface area contributed by atoms with Crippen molar-refractivity contribution in [3.8, 4) is 11.5 Å². The first kappa shape index (κ1) is 24.3. The van der Waals surface area contributed by atoms with Crippen LogP contribution in [0.15, 0.2) is 74.1 Å². The molecule has 4 aromatic heterocycles. The van der Waals surface area contributed by atoms with Crippen molar-refractivity contribution in [1.29, 1.82) is 0 Å². The predicted molar refractivity (Wildman–Crippen MR) is 148 cm³/mol. The Labute approximate surface area is 224 Å². The molecule has 0 bridgehead atoms. The summed E-state index contributed by atoms with van der Waals surface area (Å²) in [5, 5.41) is 8.40. The molecule has 0 spiro atoms. The molecule has 1 unspecified atom stereocenters. The Balaban J connectivity index is 1.22. The van der Waals surface area contributed by atoms with E-state index in [1.807, 2.05) is 61.3 Å². The number of pyridine rings is 2. The lowest BCUT2D eigenvalue weighted by Crippen LogP contribution is -2.53. The molecule has 1 atom stereocenters. The molecule has 1 saturated heterocycles. The normalized spacial score (nSPS) is 15.5. The van der Waals surface area contributed by atoms with Gasteiger partial charge in [0.1, 0.15) is 35.8 Å². The molecule has 1 aromatic carbocycles. The highest BCUT2D eigenvalue weighted by atomic mass is 16.5. The van der Waals surface area contributed by atoms with Crippen LogP contribution in [0.3, 0.4) is 0 Å². The lowest BCUT2D eigenvalue weighted by Gasteiger charge is -2.40. The number of aryl methyl sites for hydroxylation is 1. The smallest absolute Gasteiger partial charge is 0.246 e. The van der Waals surface area contributed by atoms with Crippen molar-refractivity contribution in [3.63, 3.8) is 0 Å². The number of benzene rings is 1. The number of amides is 1. The van der Waals surface area contributed by atoms with Gasteiger partial charge in [0.2, 0.25) is 5.91 Å². The number of hydrogen-bond acceptors (Lipinski definition) is 9. The van der Waals surface area contributed by atoms with E-state index in [1.54, 1.807) is 10.7 Å². The molecule has 0 aliphatic carbocycles. The number of piperazine rings is 1. The third-order valence-corrected chi connectivity index (χ3v) is 6.83. The maximum Gasteiger partial charge on any atom is 0.246 e. The van der Waals surface area contributed by atoms with E-state index >= 15 is 0 Å². The van der Waals surface area contributed by atoms with Crippen molar-refractivity contribution in [2.45, 2.75) is 19.9 Å². The first-order valence-corrected chi connectivity index (χ1v) is 12.6. The van der Waals surface area contributed by atoms with Crippen LogP contribution >= 0.6 is 0 Å². The second-order valence-corrected chi connectivity index (χ2v) is 9.45. The average Bonchev–Trinajstić information content (AvgIpc) is 3.42. The summed E-state index contributed by atoms with van der Waals surface area (Å²) in [5.74, 6) is 2.89. The molecule has 11 heteroatoms. The molecule has 1 aliphatic rings. The Bertz CT molecular complexity index is 1700. The maximum atomic E-state index is 12.1. The van der Waals surface area contributed by atoms with Crippen LogP contribution in [0.1, 0.15) is 12.5 Å². The Kier molecular flexibility index (Phi) is 6.23. The number of anilines is 3. The van der Waals surface area contributed by atoms with Crippen molar-refractivity contribution in [1.82, 2.24) is 34.4 Å². The van der Waals surface area contributed by atoms with E-state index in [4.69, 9.17) is 4.74 Å². The van der Waals surface area contributed by atoms with Gasteiger partial charge in [-0.1, -0.05) is 6.58 Å². The van der Waals surface area contributed by atoms with Crippen molar-refractivity contribution in [2.75, 3.05) is 29.9 Å². The summed E-state index contributed by atoms with van der Waals surface area (Å²) in [6, 6.07) is 11.6. The van der Waals surface area contributed by atoms with Crippen molar-refractivity contribution in [2.24, 2.45) is 0 Å². The highest BCUT2D eigenvalue weighted by Gasteiger charge is 2.27. The van der Waals surface area contributed by atoms with Crippen LogP contribution in [-0.4, -0.2) is 66.0 Å². The summed E-state index contributed by atoms with van der Waals surface area (Å²) < 4.78 is 7.79. The fourth-order valence-corrected chi connectivity index (χ4v) is 4.80. The fourth-order valence-electron chi connectivity index (χ4n) is 4.80. The van der Waals surface area contributed by atoms with Crippen molar-refractivity contribution >= 4 is 39.8 Å². The van der Waals surface area contributed by atoms with E-state index < -0.39 is 0 Å². The molecule has 39 heavy (non-hydrogen) atoms. The van der Waals surface area contributed by atoms with Gasteiger partial charge in [-0.15, -0.1) is 0 Å². The molecule has 0 saturated carbocycles. The molecule has 11 nitrogen and oxygen atoms in total. The number of hydrogen-bond donors (Lipinski definition) is 1. The van der Waals surface area contributed by atoms with Crippen LogP contribution in [0.25, 0.3) is 16.6 Å². The number of fused-ring (bicyclic) bond motifs is 2. The van der Waals surface area contributed by atoms with Crippen LogP contribution < -0.4 is 15.0 Å². The van der Waals surface area contributed by atoms with Crippen LogP contribution in [0.5, 0.6) is 11.5 Å². The minimum absolute atomic E-state index is 0.0448. The number of nitrogens with one attached hydrogen (secondary N) is 1. The standard InChI is InChI=1S/C28H27N9O2/c1-4-27(38)36-10-9-35(15-19(36)3)25-13-22-23(14-29-25)30-16-32-28(22)34-20-5-6-24(18(2)11-20)39-21-7-8-37-26(12-21)31-17-33-37/h4-8,11-14,16-17,19H,1,9-10,15H2,2-3H3,(H,30,32,34). The monoisotopic (exact) mass is 521 g/mol. The van der Waals surface area contributed by atoms with Gasteiger partial charge in [0.25, 0.3) is 0 Å². The third kappa shape index (κ3) is 4.81. The van der Waals surface area contributed by atoms with Gasteiger partial charge in [0, 0.05) is 49.0 Å². The summed E-state index contributed by atoms with van der Waals surface area (Å²) in [5.41, 5.74) is 3.29. The number of aromatic nitrogens is 6. The highest BCUT2D eigenvalue weighted by Crippen LogP contribution is 2.31. The van der Waals surface area contributed by atoms with Crippen molar-refractivity contribution in [3.05, 3.63) is 79.7 Å². The Morgan fingerprint density at radius 3 is 2.82 bits per heavy atom. The molecule has 6 rings (SSSR count). The largest absolute Gasteiger partial charge is 0.457 e. The van der Waals surface area contributed by atoms with E-state index in [9.17, 15) is 4.79 Å². The zero-order valence-electron chi connectivity index (χ0n) is 21.7. The quantitative estimate of drug-likeness (QED) is 0.329. The lowest BCUT2D eigenvalue weighted by atomic mass is 10.1. The molecule has 1 fully saturated rings. The number of carbonyl (C=O) groups is 1. The first-order chi connectivity index (χ1) is 19.0. The van der Waals surface area contributed by atoms with E-state index in [-0.39, 0.29) is 11.9 Å². The Morgan fingerprint density at radius 1 is 1.10 bits per heavy atom. The first-order valence-electron chi connectivity index (χ1n) is 12.6. The predicted octanol–water partition coefficient (Wildman–Crippen LogP) is 4.13. The number of rotatable bonds is 6. The van der Waals surface area contributed by atoms with E-state index in [2.05, 4.69) is 41.8 Å². The summed E-state index contributed by atoms with van der Waals surface area (Å²) >= 11 is 0. The third-order valence-electron chi connectivity index (χ3n) is 6.83. The molecule has 0 radical (unpaired) electrons. The number of carbonyl (C=O) groups excluding carboxylic acids is 1. The maximum absolute atomic E-state index is 12.1. The number of ether oxygens (including phenoxy) is 1. The van der Waals surface area contributed by atoms with E-state index in [1.165, 1.54) is 18.7 Å².